The second kappa shape index (κ2) is 6.23. The van der Waals surface area contributed by atoms with Gasteiger partial charge in [-0.05, 0) is 18.5 Å². The predicted molar refractivity (Wildman–Crippen MR) is 83.7 cm³/mol. The third kappa shape index (κ3) is 3.10. The van der Waals surface area contributed by atoms with Crippen LogP contribution in [0.3, 0.4) is 0 Å². The van der Waals surface area contributed by atoms with E-state index < -0.39 is 0 Å². The van der Waals surface area contributed by atoms with Gasteiger partial charge in [0.05, 0.1) is 6.20 Å². The summed E-state index contributed by atoms with van der Waals surface area (Å²) in [6.45, 7) is 7.80. The topological polar surface area (TPSA) is 29.9 Å². The van der Waals surface area contributed by atoms with Crippen LogP contribution >= 0.6 is 0 Å². The fourth-order valence-corrected chi connectivity index (χ4v) is 2.70. The standard InChI is InChI=1S/C17H25N3/c1-5-11-18-16(14-12-19-20(4)13-14)17(2,3)15-9-7-6-8-10-15/h6-10,12-13,16,18H,5,11H2,1-4H3. The quantitative estimate of drug-likeness (QED) is 0.872. The fourth-order valence-electron chi connectivity index (χ4n) is 2.70. The third-order valence-electron chi connectivity index (χ3n) is 3.90. The van der Waals surface area contributed by atoms with E-state index in [1.165, 1.54) is 11.1 Å². The first kappa shape index (κ1) is 14.8. The van der Waals surface area contributed by atoms with Gasteiger partial charge in [0, 0.05) is 30.3 Å². The van der Waals surface area contributed by atoms with Crippen molar-refractivity contribution >= 4 is 0 Å². The van der Waals surface area contributed by atoms with Crippen LogP contribution in [0.2, 0.25) is 0 Å². The van der Waals surface area contributed by atoms with Crippen molar-refractivity contribution in [2.24, 2.45) is 7.05 Å². The van der Waals surface area contributed by atoms with Crippen molar-refractivity contribution < 1.29 is 0 Å². The maximum absolute atomic E-state index is 4.33. The highest BCUT2D eigenvalue weighted by Gasteiger charge is 2.32. The molecule has 20 heavy (non-hydrogen) atoms. The molecule has 2 aromatic rings. The zero-order chi connectivity index (χ0) is 14.6. The Morgan fingerprint density at radius 1 is 1.25 bits per heavy atom. The molecule has 3 heteroatoms. The van der Waals surface area contributed by atoms with Crippen LogP contribution in [0.5, 0.6) is 0 Å². The summed E-state index contributed by atoms with van der Waals surface area (Å²) in [6.07, 6.45) is 5.21. The van der Waals surface area contributed by atoms with Gasteiger partial charge in [0.25, 0.3) is 0 Å². The zero-order valence-electron chi connectivity index (χ0n) is 12.9. The Morgan fingerprint density at radius 3 is 2.50 bits per heavy atom. The molecule has 0 bridgehead atoms. The number of benzene rings is 1. The van der Waals surface area contributed by atoms with E-state index in [-0.39, 0.29) is 11.5 Å². The van der Waals surface area contributed by atoms with Gasteiger partial charge in [-0.2, -0.15) is 5.10 Å². The zero-order valence-corrected chi connectivity index (χ0v) is 12.9. The summed E-state index contributed by atoms with van der Waals surface area (Å²) < 4.78 is 1.87. The molecule has 0 amide bonds. The van der Waals surface area contributed by atoms with Gasteiger partial charge >= 0.3 is 0 Å². The molecule has 0 aliphatic rings. The normalized spacial score (nSPS) is 13.4. The molecule has 1 aromatic carbocycles. The molecule has 0 spiro atoms. The molecule has 1 atom stereocenters. The van der Waals surface area contributed by atoms with Gasteiger partial charge in [-0.15, -0.1) is 0 Å². The Kier molecular flexibility index (Phi) is 4.61. The SMILES string of the molecule is CCCNC(c1cnn(C)c1)C(C)(C)c1ccccc1. The van der Waals surface area contributed by atoms with E-state index in [4.69, 9.17) is 0 Å². The predicted octanol–water partition coefficient (Wildman–Crippen LogP) is 3.44. The van der Waals surface area contributed by atoms with Gasteiger partial charge in [0.2, 0.25) is 0 Å². The molecule has 3 nitrogen and oxygen atoms in total. The fraction of sp³-hybridized carbons (Fsp3) is 0.471. The highest BCUT2D eigenvalue weighted by molar-refractivity contribution is 5.30. The van der Waals surface area contributed by atoms with Gasteiger partial charge in [-0.3, -0.25) is 4.68 Å². The van der Waals surface area contributed by atoms with Gasteiger partial charge in [0.15, 0.2) is 0 Å². The molecule has 0 aliphatic carbocycles. The largest absolute Gasteiger partial charge is 0.309 e. The van der Waals surface area contributed by atoms with Gasteiger partial charge in [-0.1, -0.05) is 51.1 Å². The maximum atomic E-state index is 4.33. The van der Waals surface area contributed by atoms with E-state index in [2.05, 4.69) is 67.7 Å². The third-order valence-corrected chi connectivity index (χ3v) is 3.90. The summed E-state index contributed by atoms with van der Waals surface area (Å²) in [4.78, 5) is 0. The lowest BCUT2D eigenvalue weighted by Gasteiger charge is -2.35. The Balaban J connectivity index is 2.35. The Labute approximate surface area is 122 Å². The van der Waals surface area contributed by atoms with Crippen molar-refractivity contribution in [3.05, 3.63) is 53.9 Å². The molecule has 2 rings (SSSR count). The Morgan fingerprint density at radius 2 is 1.95 bits per heavy atom. The molecular formula is C17H25N3. The highest BCUT2D eigenvalue weighted by atomic mass is 15.2. The number of hydrogen-bond donors (Lipinski definition) is 1. The minimum Gasteiger partial charge on any atom is -0.309 e. The first-order valence-corrected chi connectivity index (χ1v) is 7.33. The number of hydrogen-bond acceptors (Lipinski definition) is 2. The first-order valence-electron chi connectivity index (χ1n) is 7.33. The molecule has 1 N–H and O–H groups in total. The average molecular weight is 271 g/mol. The summed E-state index contributed by atoms with van der Waals surface area (Å²) in [6, 6.07) is 11.0. The highest BCUT2D eigenvalue weighted by Crippen LogP contribution is 2.36. The van der Waals surface area contributed by atoms with Gasteiger partial charge < -0.3 is 5.32 Å². The Hall–Kier alpha value is -1.61. The van der Waals surface area contributed by atoms with Gasteiger partial charge in [-0.25, -0.2) is 0 Å². The molecular weight excluding hydrogens is 246 g/mol. The molecule has 0 saturated carbocycles. The van der Waals surface area contributed by atoms with Gasteiger partial charge in [0.1, 0.15) is 0 Å². The number of nitrogens with zero attached hydrogens (tertiary/aromatic N) is 2. The van der Waals surface area contributed by atoms with E-state index >= 15 is 0 Å². The minimum atomic E-state index is 0.0134. The van der Waals surface area contributed by atoms with Crippen molar-refractivity contribution in [1.29, 1.82) is 0 Å². The molecule has 0 aliphatic heterocycles. The monoisotopic (exact) mass is 271 g/mol. The summed E-state index contributed by atoms with van der Waals surface area (Å²) in [5, 5.41) is 8.01. The lowest BCUT2D eigenvalue weighted by molar-refractivity contribution is 0.348. The maximum Gasteiger partial charge on any atom is 0.0537 e. The number of rotatable bonds is 6. The van der Waals surface area contributed by atoms with Crippen molar-refractivity contribution in [1.82, 2.24) is 15.1 Å². The van der Waals surface area contributed by atoms with Crippen molar-refractivity contribution in [3.63, 3.8) is 0 Å². The second-order valence-corrected chi connectivity index (χ2v) is 5.92. The van der Waals surface area contributed by atoms with Crippen molar-refractivity contribution in [3.8, 4) is 0 Å². The Bertz CT molecular complexity index is 528. The summed E-state index contributed by atoms with van der Waals surface area (Å²) in [5.41, 5.74) is 2.60. The van der Waals surface area contributed by atoms with Crippen LogP contribution in [0.4, 0.5) is 0 Å². The summed E-state index contributed by atoms with van der Waals surface area (Å²) in [5.74, 6) is 0. The van der Waals surface area contributed by atoms with Crippen molar-refractivity contribution in [2.45, 2.75) is 38.6 Å². The average Bonchev–Trinajstić information content (AvgIpc) is 2.86. The molecule has 1 unspecified atom stereocenters. The lowest BCUT2D eigenvalue weighted by Crippen LogP contribution is -2.37. The molecule has 108 valence electrons. The van der Waals surface area contributed by atoms with Crippen LogP contribution in [0.1, 0.15) is 44.4 Å². The number of nitrogens with one attached hydrogen (secondary N) is 1. The van der Waals surface area contributed by atoms with E-state index in [1.54, 1.807) is 0 Å². The molecule has 0 radical (unpaired) electrons. The summed E-state index contributed by atoms with van der Waals surface area (Å²) >= 11 is 0. The number of aryl methyl sites for hydroxylation is 1. The lowest BCUT2D eigenvalue weighted by atomic mass is 9.75. The van der Waals surface area contributed by atoms with Crippen molar-refractivity contribution in [2.75, 3.05) is 6.54 Å². The number of aromatic nitrogens is 2. The second-order valence-electron chi connectivity index (χ2n) is 5.92. The smallest absolute Gasteiger partial charge is 0.0537 e. The van der Waals surface area contributed by atoms with Crippen LogP contribution in [-0.2, 0) is 12.5 Å². The molecule has 1 aromatic heterocycles. The first-order chi connectivity index (χ1) is 9.55. The van der Waals surface area contributed by atoms with E-state index in [0.29, 0.717) is 0 Å². The van der Waals surface area contributed by atoms with Crippen LogP contribution in [-0.4, -0.2) is 16.3 Å². The molecule has 0 fully saturated rings. The van der Waals surface area contributed by atoms with Crippen LogP contribution in [0, 0.1) is 0 Å². The minimum absolute atomic E-state index is 0.0134. The van der Waals surface area contributed by atoms with E-state index in [9.17, 15) is 0 Å². The molecule has 0 saturated heterocycles. The van der Waals surface area contributed by atoms with E-state index in [0.717, 1.165) is 13.0 Å². The van der Waals surface area contributed by atoms with Crippen LogP contribution in [0.15, 0.2) is 42.7 Å². The van der Waals surface area contributed by atoms with Crippen LogP contribution in [0.25, 0.3) is 0 Å². The summed E-state index contributed by atoms with van der Waals surface area (Å²) in [7, 11) is 1.97. The van der Waals surface area contributed by atoms with E-state index in [1.807, 2.05) is 17.9 Å². The molecule has 1 heterocycles. The van der Waals surface area contributed by atoms with Crippen LogP contribution < -0.4 is 5.32 Å².